The van der Waals surface area contributed by atoms with E-state index >= 15 is 0 Å². The van der Waals surface area contributed by atoms with Crippen molar-refractivity contribution in [3.05, 3.63) is 16.4 Å². The van der Waals surface area contributed by atoms with E-state index in [0.29, 0.717) is 24.4 Å². The zero-order valence-electron chi connectivity index (χ0n) is 12.8. The maximum absolute atomic E-state index is 12.6. The summed E-state index contributed by atoms with van der Waals surface area (Å²) in [7, 11) is 1.81. The summed E-state index contributed by atoms with van der Waals surface area (Å²) in [4.78, 5) is 26.1. The van der Waals surface area contributed by atoms with E-state index in [4.69, 9.17) is 11.6 Å². The first-order valence-electron chi connectivity index (χ1n) is 7.13. The third-order valence-corrected chi connectivity index (χ3v) is 4.41. The van der Waals surface area contributed by atoms with Gasteiger partial charge in [-0.05, 0) is 20.3 Å². The van der Waals surface area contributed by atoms with Crippen LogP contribution in [0.25, 0.3) is 0 Å². The second kappa shape index (κ2) is 6.05. The molecule has 0 aliphatic carbocycles. The van der Waals surface area contributed by atoms with Crippen molar-refractivity contribution in [3.63, 3.8) is 0 Å². The Morgan fingerprint density at radius 1 is 1.43 bits per heavy atom. The van der Waals surface area contributed by atoms with E-state index in [1.165, 1.54) is 0 Å². The summed E-state index contributed by atoms with van der Waals surface area (Å²) >= 11 is 6.26. The maximum atomic E-state index is 12.6. The van der Waals surface area contributed by atoms with Crippen molar-refractivity contribution in [2.75, 3.05) is 0 Å². The number of halogens is 1. The Kier molecular flexibility index (Phi) is 4.56. The number of rotatable bonds is 3. The van der Waals surface area contributed by atoms with Crippen LogP contribution in [0.3, 0.4) is 0 Å². The van der Waals surface area contributed by atoms with Gasteiger partial charge in [-0.1, -0.05) is 18.5 Å². The van der Waals surface area contributed by atoms with Crippen LogP contribution in [0.15, 0.2) is 0 Å². The molecule has 1 aliphatic heterocycles. The molecule has 2 rings (SSSR count). The molecule has 2 heterocycles. The molecule has 0 radical (unpaired) electrons. The van der Waals surface area contributed by atoms with Crippen LogP contribution in [0.1, 0.15) is 38.1 Å². The van der Waals surface area contributed by atoms with Gasteiger partial charge in [0.05, 0.1) is 23.0 Å². The predicted molar refractivity (Wildman–Crippen MR) is 79.8 cm³/mol. The van der Waals surface area contributed by atoms with Gasteiger partial charge in [0.2, 0.25) is 11.8 Å². The van der Waals surface area contributed by atoms with Gasteiger partial charge in [-0.15, -0.1) is 0 Å². The molecule has 1 N–H and O–H groups in total. The molecule has 2 unspecified atom stereocenters. The number of carbonyl (C=O) groups is 2. The van der Waals surface area contributed by atoms with Crippen molar-refractivity contribution in [1.29, 1.82) is 0 Å². The Morgan fingerprint density at radius 3 is 2.62 bits per heavy atom. The summed E-state index contributed by atoms with van der Waals surface area (Å²) in [5.74, 6) is -0.150. The standard InChI is InChI=1S/C14H21ClN4O2/c1-5-10-14(21)19(8(2)6-12(20)16-10)7-11-13(15)9(3)17-18(11)4/h8,10H,5-7H2,1-4H3,(H,16,20). The number of hydrogen-bond donors (Lipinski definition) is 1. The molecule has 0 aromatic carbocycles. The Labute approximate surface area is 129 Å². The summed E-state index contributed by atoms with van der Waals surface area (Å²) in [5.41, 5.74) is 1.53. The lowest BCUT2D eigenvalue weighted by molar-refractivity contribution is -0.135. The summed E-state index contributed by atoms with van der Waals surface area (Å²) in [6, 6.07) is -0.629. The van der Waals surface area contributed by atoms with Gasteiger partial charge < -0.3 is 10.2 Å². The summed E-state index contributed by atoms with van der Waals surface area (Å²) in [6.45, 7) is 5.96. The fourth-order valence-corrected chi connectivity index (χ4v) is 2.85. The lowest BCUT2D eigenvalue weighted by Gasteiger charge is -2.28. The van der Waals surface area contributed by atoms with E-state index in [2.05, 4.69) is 10.4 Å². The molecule has 1 aromatic heterocycles. The molecule has 116 valence electrons. The van der Waals surface area contributed by atoms with Crippen molar-refractivity contribution in [1.82, 2.24) is 20.0 Å². The minimum absolute atomic E-state index is 0.0641. The van der Waals surface area contributed by atoms with Gasteiger partial charge in [0.15, 0.2) is 0 Å². The minimum atomic E-state index is -0.462. The molecule has 2 amide bonds. The van der Waals surface area contributed by atoms with Crippen LogP contribution in [0, 0.1) is 6.92 Å². The fraction of sp³-hybridized carbons (Fsp3) is 0.643. The molecule has 1 saturated heterocycles. The molecule has 1 aliphatic rings. The number of hydrogen-bond acceptors (Lipinski definition) is 3. The highest BCUT2D eigenvalue weighted by molar-refractivity contribution is 6.31. The third kappa shape index (κ3) is 3.05. The van der Waals surface area contributed by atoms with Gasteiger partial charge in [0.1, 0.15) is 6.04 Å². The van der Waals surface area contributed by atoms with Crippen LogP contribution < -0.4 is 5.32 Å². The highest BCUT2D eigenvalue weighted by atomic mass is 35.5. The van der Waals surface area contributed by atoms with Gasteiger partial charge in [0.25, 0.3) is 0 Å². The molecular weight excluding hydrogens is 292 g/mol. The normalized spacial score (nSPS) is 23.2. The molecule has 0 bridgehead atoms. The van der Waals surface area contributed by atoms with E-state index < -0.39 is 6.04 Å². The highest BCUT2D eigenvalue weighted by Gasteiger charge is 2.33. The maximum Gasteiger partial charge on any atom is 0.245 e. The average molecular weight is 313 g/mol. The molecule has 7 heteroatoms. The van der Waals surface area contributed by atoms with Crippen LogP contribution in [0.2, 0.25) is 5.02 Å². The molecule has 6 nitrogen and oxygen atoms in total. The monoisotopic (exact) mass is 312 g/mol. The molecule has 0 saturated carbocycles. The summed E-state index contributed by atoms with van der Waals surface area (Å²) in [5, 5.41) is 7.62. The minimum Gasteiger partial charge on any atom is -0.344 e. The first-order chi connectivity index (χ1) is 9.85. The van der Waals surface area contributed by atoms with Crippen molar-refractivity contribution in [2.24, 2.45) is 7.05 Å². The Morgan fingerprint density at radius 2 is 2.10 bits per heavy atom. The lowest BCUT2D eigenvalue weighted by Crippen LogP contribution is -2.45. The molecule has 0 spiro atoms. The smallest absolute Gasteiger partial charge is 0.245 e. The number of aromatic nitrogens is 2. The van der Waals surface area contributed by atoms with Crippen LogP contribution in [-0.4, -0.2) is 38.6 Å². The fourth-order valence-electron chi connectivity index (χ4n) is 2.63. The van der Waals surface area contributed by atoms with Crippen LogP contribution in [0.5, 0.6) is 0 Å². The second-order valence-electron chi connectivity index (χ2n) is 5.52. The molecule has 21 heavy (non-hydrogen) atoms. The van der Waals surface area contributed by atoms with Gasteiger partial charge in [-0.2, -0.15) is 5.10 Å². The Balaban J connectivity index is 2.31. The van der Waals surface area contributed by atoms with Crippen molar-refractivity contribution < 1.29 is 9.59 Å². The molecule has 2 atom stereocenters. The first kappa shape index (κ1) is 15.8. The van der Waals surface area contributed by atoms with E-state index in [0.717, 1.165) is 11.4 Å². The molecule has 1 fully saturated rings. The Hall–Kier alpha value is -1.56. The molecule has 1 aromatic rings. The van der Waals surface area contributed by atoms with Crippen molar-refractivity contribution >= 4 is 23.4 Å². The van der Waals surface area contributed by atoms with E-state index in [-0.39, 0.29) is 17.9 Å². The van der Waals surface area contributed by atoms with E-state index in [9.17, 15) is 9.59 Å². The van der Waals surface area contributed by atoms with Gasteiger partial charge in [0, 0.05) is 19.5 Å². The van der Waals surface area contributed by atoms with Gasteiger partial charge in [-0.3, -0.25) is 14.3 Å². The first-order valence-corrected chi connectivity index (χ1v) is 7.50. The second-order valence-corrected chi connectivity index (χ2v) is 5.90. The SMILES string of the molecule is CCC1NC(=O)CC(C)N(Cc2c(Cl)c(C)nn2C)C1=O. The average Bonchev–Trinajstić information content (AvgIpc) is 2.59. The topological polar surface area (TPSA) is 67.2 Å². The summed E-state index contributed by atoms with van der Waals surface area (Å²) < 4.78 is 1.69. The van der Waals surface area contributed by atoms with Crippen molar-refractivity contribution in [3.8, 4) is 0 Å². The quantitative estimate of drug-likeness (QED) is 0.917. The number of amides is 2. The Bertz CT molecular complexity index is 570. The lowest BCUT2D eigenvalue weighted by atomic mass is 10.1. The van der Waals surface area contributed by atoms with Gasteiger partial charge in [-0.25, -0.2) is 0 Å². The highest BCUT2D eigenvalue weighted by Crippen LogP contribution is 2.23. The van der Waals surface area contributed by atoms with Gasteiger partial charge >= 0.3 is 0 Å². The third-order valence-electron chi connectivity index (χ3n) is 3.92. The molecular formula is C14H21ClN4O2. The van der Waals surface area contributed by atoms with Crippen LogP contribution in [-0.2, 0) is 23.2 Å². The number of nitrogens with zero attached hydrogens (tertiary/aromatic N) is 3. The number of aryl methyl sites for hydroxylation is 2. The van der Waals surface area contributed by atoms with E-state index in [1.54, 1.807) is 9.58 Å². The van der Waals surface area contributed by atoms with Crippen LogP contribution >= 0.6 is 11.6 Å². The van der Waals surface area contributed by atoms with Crippen molar-refractivity contribution in [2.45, 2.75) is 52.2 Å². The zero-order valence-corrected chi connectivity index (χ0v) is 13.6. The largest absolute Gasteiger partial charge is 0.344 e. The number of carbonyl (C=O) groups excluding carboxylic acids is 2. The number of nitrogens with one attached hydrogen (secondary N) is 1. The summed E-state index contributed by atoms with van der Waals surface area (Å²) in [6.07, 6.45) is 0.878. The van der Waals surface area contributed by atoms with Crippen LogP contribution in [0.4, 0.5) is 0 Å². The zero-order chi connectivity index (χ0) is 15.7. The van der Waals surface area contributed by atoms with E-state index in [1.807, 2.05) is 27.8 Å². The predicted octanol–water partition coefficient (Wildman–Crippen LogP) is 1.40.